The van der Waals surface area contributed by atoms with Crippen molar-refractivity contribution in [3.63, 3.8) is 0 Å². The molecular weight excluding hydrogens is 712 g/mol. The van der Waals surface area contributed by atoms with E-state index in [0.29, 0.717) is 116 Å². The van der Waals surface area contributed by atoms with Crippen LogP contribution in [0.1, 0.15) is 118 Å². The Balaban J connectivity index is -0.0000000820. The van der Waals surface area contributed by atoms with Gasteiger partial charge < -0.3 is 61.9 Å². The molecule has 0 aromatic rings. The van der Waals surface area contributed by atoms with Crippen molar-refractivity contribution < 1.29 is 61.9 Å². The van der Waals surface area contributed by atoms with Crippen LogP contribution in [-0.4, -0.2) is 169 Å². The monoisotopic (exact) mass is 813 g/mol. The third-order valence-corrected chi connectivity index (χ3v) is 5.21. The Kier molecular flexibility index (Phi) is 89.4. The quantitative estimate of drug-likeness (QED) is 0.0730. The van der Waals surface area contributed by atoms with Gasteiger partial charge in [0.1, 0.15) is 0 Å². The predicted molar refractivity (Wildman–Crippen MR) is 231 cm³/mol. The molecule has 0 heterocycles. The highest BCUT2D eigenvalue weighted by Crippen LogP contribution is 1.90. The topological polar surface area (TPSA) is 131 Å². The van der Waals surface area contributed by atoms with E-state index in [1.54, 1.807) is 28.4 Å². The zero-order valence-electron chi connectivity index (χ0n) is 37.8. The van der Waals surface area contributed by atoms with Crippen LogP contribution < -0.4 is 0 Å². The third-order valence-electron chi connectivity index (χ3n) is 5.21. The lowest BCUT2D eigenvalue weighted by molar-refractivity contribution is -0.00820. The van der Waals surface area contributed by atoms with E-state index in [0.717, 1.165) is 19.4 Å². The molecule has 0 atom stereocenters. The van der Waals surface area contributed by atoms with Gasteiger partial charge in [-0.15, -0.1) is 0 Å². The van der Waals surface area contributed by atoms with E-state index in [9.17, 15) is 0 Å². The molecule has 0 spiro atoms. The average molecular weight is 813 g/mol. The van der Waals surface area contributed by atoms with Crippen LogP contribution in [0.2, 0.25) is 0 Å². The van der Waals surface area contributed by atoms with Crippen LogP contribution in [0.5, 0.6) is 0 Å². The Morgan fingerprint density at radius 2 is 0.582 bits per heavy atom. The molecule has 0 radical (unpaired) electrons. The molecule has 0 aromatic carbocycles. The number of aliphatic hydroxyl groups is 1. The van der Waals surface area contributed by atoms with Crippen LogP contribution in [0, 0.1) is 0 Å². The average Bonchev–Trinajstić information content (AvgIpc) is 3.09. The minimum absolute atomic E-state index is 0. The minimum Gasteiger partial charge on any atom is -0.396 e. The second-order valence-electron chi connectivity index (χ2n) is 12.8. The molecule has 0 rings (SSSR count). The summed E-state index contributed by atoms with van der Waals surface area (Å²) in [4.78, 5) is 0. The zero-order chi connectivity index (χ0) is 42.0. The lowest BCUT2D eigenvalue weighted by Gasteiger charge is -2.08. The van der Waals surface area contributed by atoms with Gasteiger partial charge in [0.2, 0.25) is 0 Å². The normalized spacial score (nSPS) is 10.3. The molecule has 0 aliphatic carbocycles. The molecule has 0 fully saturated rings. The van der Waals surface area contributed by atoms with Crippen molar-refractivity contribution in [2.24, 2.45) is 0 Å². The Bertz CT molecular complexity index is 540. The molecule has 0 aliphatic rings. The van der Waals surface area contributed by atoms with E-state index in [-0.39, 0.29) is 27.6 Å². The van der Waals surface area contributed by atoms with Gasteiger partial charge in [0, 0.05) is 48.3 Å². The molecule has 0 amide bonds. The lowest BCUT2D eigenvalue weighted by atomic mass is 10.4. The first-order valence-corrected chi connectivity index (χ1v) is 19.5. The summed E-state index contributed by atoms with van der Waals surface area (Å²) in [5, 5.41) is 8.30. The van der Waals surface area contributed by atoms with Crippen molar-refractivity contribution in [3.05, 3.63) is 0 Å². The first-order valence-electron chi connectivity index (χ1n) is 19.5. The maximum absolute atomic E-state index is 8.30. The van der Waals surface area contributed by atoms with Gasteiger partial charge in [0.25, 0.3) is 0 Å². The molecule has 55 heavy (non-hydrogen) atoms. The van der Waals surface area contributed by atoms with Gasteiger partial charge in [-0.3, -0.25) is 0 Å². The van der Waals surface area contributed by atoms with Gasteiger partial charge in [0.05, 0.1) is 116 Å². The van der Waals surface area contributed by atoms with Crippen LogP contribution in [0.15, 0.2) is 0 Å². The molecule has 0 aromatic heterocycles. The van der Waals surface area contributed by atoms with Gasteiger partial charge in [-0.25, -0.2) is 0 Å². The van der Waals surface area contributed by atoms with Crippen LogP contribution in [-0.2, 0) is 56.8 Å². The summed E-state index contributed by atoms with van der Waals surface area (Å²) in [6.07, 6.45) is 3.84. The summed E-state index contributed by atoms with van der Waals surface area (Å²) >= 11 is 0. The van der Waals surface area contributed by atoms with Crippen LogP contribution in [0.25, 0.3) is 0 Å². The summed E-state index contributed by atoms with van der Waals surface area (Å²) in [5.41, 5.74) is 0. The Hall–Kier alpha value is -0.520. The molecule has 346 valence electrons. The Morgan fingerprint density at radius 1 is 0.345 bits per heavy atom. The van der Waals surface area contributed by atoms with Crippen LogP contribution in [0.3, 0.4) is 0 Å². The molecule has 0 unspecified atom stereocenters. The summed E-state index contributed by atoms with van der Waals surface area (Å²) in [5.74, 6) is 0. The van der Waals surface area contributed by atoms with Gasteiger partial charge in [0.15, 0.2) is 0 Å². The molecule has 13 heteroatoms. The van der Waals surface area contributed by atoms with Crippen molar-refractivity contribution >= 4 is 0 Å². The maximum Gasteiger partial charge on any atom is 0.0703 e. The maximum atomic E-state index is 8.30. The van der Waals surface area contributed by atoms with Crippen molar-refractivity contribution in [1.29, 1.82) is 0 Å². The molecular formula is C42H100O13. The van der Waals surface area contributed by atoms with Gasteiger partial charge in [-0.05, 0) is 95.9 Å². The summed E-state index contributed by atoms with van der Waals surface area (Å²) in [6.45, 7) is 35.8. The molecule has 0 bridgehead atoms. The van der Waals surface area contributed by atoms with E-state index >= 15 is 0 Å². The van der Waals surface area contributed by atoms with Crippen LogP contribution >= 0.6 is 0 Å². The molecule has 1 N–H and O–H groups in total. The second-order valence-corrected chi connectivity index (χ2v) is 12.8. The standard InChI is InChI=1S/C10H22O4.C8H18O3.2C6H14O2.C6H14O.C4H10O.2CH4/c1-10(2)14-9-8-13-7-6-12-5-4-11-3;1-8(2)11-7-6-10-5-4-9-3;1-6(2)8-5-4-7-3;1-6(2)8-5-3-4-7;1-4-5-7-6(2)3;1-4(2)5-3;;/h10H,4-9H2,1-3H3;8H,4-7H2,1-3H3;6H,4-5H2,1-3H3;6-7H,3-5H2,1-2H3;6H,4-5H2,1-3H3;4H,1-3H3;2*1H4. The van der Waals surface area contributed by atoms with Crippen molar-refractivity contribution in [3.8, 4) is 0 Å². The van der Waals surface area contributed by atoms with Gasteiger partial charge >= 0.3 is 0 Å². The minimum atomic E-state index is 0. The van der Waals surface area contributed by atoms with Gasteiger partial charge in [-0.1, -0.05) is 21.8 Å². The number of aliphatic hydroxyl groups excluding tert-OH is 1. The van der Waals surface area contributed by atoms with E-state index in [1.807, 2.05) is 69.2 Å². The van der Waals surface area contributed by atoms with E-state index in [4.69, 9.17) is 61.9 Å². The molecule has 0 saturated carbocycles. The molecule has 13 nitrogen and oxygen atoms in total. The largest absolute Gasteiger partial charge is 0.396 e. The number of hydrogen-bond donors (Lipinski definition) is 1. The van der Waals surface area contributed by atoms with Crippen molar-refractivity contribution in [2.75, 3.05) is 128 Å². The number of hydrogen-bond acceptors (Lipinski definition) is 13. The highest BCUT2D eigenvalue weighted by molar-refractivity contribution is 4.39. The summed E-state index contributed by atoms with van der Waals surface area (Å²) in [6, 6.07) is 0. The molecule has 0 saturated heterocycles. The van der Waals surface area contributed by atoms with Crippen molar-refractivity contribution in [1.82, 2.24) is 0 Å². The number of ether oxygens (including phenoxy) is 12. The Labute approximate surface area is 343 Å². The Morgan fingerprint density at radius 3 is 0.818 bits per heavy atom. The van der Waals surface area contributed by atoms with Gasteiger partial charge in [-0.2, -0.15) is 0 Å². The highest BCUT2D eigenvalue weighted by Gasteiger charge is 1.95. The fraction of sp³-hybridized carbons (Fsp3) is 1.00. The number of rotatable bonds is 29. The summed E-state index contributed by atoms with van der Waals surface area (Å²) in [7, 11) is 6.69. The second kappa shape index (κ2) is 68.2. The smallest absolute Gasteiger partial charge is 0.0703 e. The fourth-order valence-corrected chi connectivity index (χ4v) is 2.50. The SMILES string of the molecule is C.C.CC(C)OCCCO.CCCOC(C)C.COC(C)C.COCCOC(C)C.COCCOCCOC(C)C.COCCOCCOCCOC(C)C. The predicted octanol–water partition coefficient (Wildman–Crippen LogP) is 8.15. The zero-order valence-corrected chi connectivity index (χ0v) is 37.8. The first kappa shape index (κ1) is 72.1. The first-order chi connectivity index (χ1) is 25.1. The van der Waals surface area contributed by atoms with Crippen molar-refractivity contribution in [2.45, 2.75) is 154 Å². The van der Waals surface area contributed by atoms with Crippen LogP contribution in [0.4, 0.5) is 0 Å². The fourth-order valence-electron chi connectivity index (χ4n) is 2.50. The van der Waals surface area contributed by atoms with E-state index < -0.39 is 0 Å². The van der Waals surface area contributed by atoms with E-state index in [1.165, 1.54) is 0 Å². The molecule has 0 aliphatic heterocycles. The lowest BCUT2D eigenvalue weighted by Crippen LogP contribution is -2.13. The number of methoxy groups -OCH3 is 4. The third kappa shape index (κ3) is 119. The van der Waals surface area contributed by atoms with E-state index in [2.05, 4.69) is 20.8 Å². The summed E-state index contributed by atoms with van der Waals surface area (Å²) < 4.78 is 60.8. The highest BCUT2D eigenvalue weighted by atomic mass is 16.6.